The van der Waals surface area contributed by atoms with Crippen molar-refractivity contribution < 1.29 is 27.5 Å². The Bertz CT molecular complexity index is 499. The van der Waals surface area contributed by atoms with Crippen molar-refractivity contribution in [1.82, 2.24) is 14.3 Å². The molecule has 1 heterocycles. The lowest BCUT2D eigenvalue weighted by Gasteiger charge is -2.22. The van der Waals surface area contributed by atoms with Crippen molar-refractivity contribution in [2.75, 3.05) is 19.7 Å². The molecule has 0 aromatic carbocycles. The summed E-state index contributed by atoms with van der Waals surface area (Å²) in [6.07, 6.45) is -1.55. The smallest absolute Gasteiger partial charge is 0.424 e. The van der Waals surface area contributed by atoms with E-state index in [1.54, 1.807) is 27.7 Å². The first-order valence-electron chi connectivity index (χ1n) is 6.45. The zero-order valence-electron chi connectivity index (χ0n) is 12.5. The van der Waals surface area contributed by atoms with Gasteiger partial charge in [-0.05, 0) is 27.7 Å². The highest BCUT2D eigenvalue weighted by Gasteiger charge is 2.34. The van der Waals surface area contributed by atoms with Gasteiger partial charge < -0.3 is 14.8 Å². The second kappa shape index (κ2) is 6.48. The minimum atomic E-state index is -3.97. The molecule has 2 N–H and O–H groups in total. The van der Waals surface area contributed by atoms with Crippen molar-refractivity contribution in [3.05, 3.63) is 0 Å². The second-order valence-corrected chi connectivity index (χ2v) is 7.22. The molecule has 1 rings (SSSR count). The fourth-order valence-corrected chi connectivity index (χ4v) is 2.79. The number of cyclic esters (lactones) is 1. The number of amides is 2. The number of hydrogen-bond acceptors (Lipinski definition) is 6. The fraction of sp³-hybridized carbons (Fsp3) is 0.818. The van der Waals surface area contributed by atoms with E-state index in [0.717, 1.165) is 0 Å². The summed E-state index contributed by atoms with van der Waals surface area (Å²) >= 11 is 0. The molecule has 122 valence electrons. The summed E-state index contributed by atoms with van der Waals surface area (Å²) in [5.41, 5.74) is -0.633. The first-order valence-corrected chi connectivity index (χ1v) is 7.89. The van der Waals surface area contributed by atoms with Crippen LogP contribution in [0.2, 0.25) is 0 Å². The van der Waals surface area contributed by atoms with E-state index in [2.05, 4.69) is 14.8 Å². The van der Waals surface area contributed by atoms with Crippen molar-refractivity contribution in [2.24, 2.45) is 0 Å². The van der Waals surface area contributed by atoms with Crippen LogP contribution in [-0.4, -0.2) is 56.2 Å². The van der Waals surface area contributed by atoms with E-state index >= 15 is 0 Å². The molecule has 1 fully saturated rings. The van der Waals surface area contributed by atoms with Gasteiger partial charge in [0.2, 0.25) is 0 Å². The summed E-state index contributed by atoms with van der Waals surface area (Å²) in [5.74, 6) is 0. The van der Waals surface area contributed by atoms with Crippen LogP contribution in [0.1, 0.15) is 27.7 Å². The molecular formula is C11H21N3O6S. The van der Waals surface area contributed by atoms with Crippen molar-refractivity contribution >= 4 is 22.4 Å². The quantitative estimate of drug-likeness (QED) is 0.746. The Hall–Kier alpha value is -1.55. The molecule has 0 bridgehead atoms. The summed E-state index contributed by atoms with van der Waals surface area (Å²) in [6.45, 7) is 6.74. The van der Waals surface area contributed by atoms with Crippen molar-refractivity contribution in [3.63, 3.8) is 0 Å². The summed E-state index contributed by atoms with van der Waals surface area (Å²) < 4.78 is 36.3. The third-order valence-corrected chi connectivity index (χ3v) is 3.93. The number of carbonyl (C=O) groups excluding carboxylic acids is 2. The average molecular weight is 323 g/mol. The molecule has 0 unspecified atom stereocenters. The number of hydrogen-bond donors (Lipinski definition) is 2. The topological polar surface area (TPSA) is 114 Å². The lowest BCUT2D eigenvalue weighted by atomic mass is 10.2. The Kier molecular flexibility index (Phi) is 5.40. The molecule has 0 saturated carbocycles. The first kappa shape index (κ1) is 17.5. The van der Waals surface area contributed by atoms with Gasteiger partial charge >= 0.3 is 22.4 Å². The molecule has 21 heavy (non-hydrogen) atoms. The van der Waals surface area contributed by atoms with Gasteiger partial charge in [-0.1, -0.05) is 0 Å². The Morgan fingerprint density at radius 3 is 2.57 bits per heavy atom. The van der Waals surface area contributed by atoms with Crippen LogP contribution in [-0.2, 0) is 19.7 Å². The predicted octanol–water partition coefficient (Wildman–Crippen LogP) is 0.186. The normalized spacial score (nSPS) is 17.3. The highest BCUT2D eigenvalue weighted by molar-refractivity contribution is 7.87. The fourth-order valence-electron chi connectivity index (χ4n) is 1.51. The lowest BCUT2D eigenvalue weighted by molar-refractivity contribution is 0.0524. The number of nitrogens with one attached hydrogen (secondary N) is 2. The van der Waals surface area contributed by atoms with Gasteiger partial charge in [-0.2, -0.15) is 17.4 Å². The minimum Gasteiger partial charge on any atom is -0.447 e. The van der Waals surface area contributed by atoms with Gasteiger partial charge in [-0.25, -0.2) is 9.59 Å². The van der Waals surface area contributed by atoms with Gasteiger partial charge in [0.15, 0.2) is 0 Å². The first-order chi connectivity index (χ1) is 9.51. The van der Waals surface area contributed by atoms with Crippen molar-refractivity contribution in [2.45, 2.75) is 39.3 Å². The summed E-state index contributed by atoms with van der Waals surface area (Å²) in [4.78, 5) is 22.7. The maximum Gasteiger partial charge on any atom is 0.424 e. The van der Waals surface area contributed by atoms with Crippen LogP contribution >= 0.6 is 0 Å². The Morgan fingerprint density at radius 2 is 2.10 bits per heavy atom. The SMILES string of the molecule is C[C@H](CNC(=O)OC(C)(C)C)NS(=O)(=O)N1CCOC1=O. The number of nitrogens with zero attached hydrogens (tertiary/aromatic N) is 1. The maximum absolute atomic E-state index is 11.9. The van der Waals surface area contributed by atoms with Crippen molar-refractivity contribution in [1.29, 1.82) is 0 Å². The molecule has 0 radical (unpaired) electrons. The Labute approximate surface area is 124 Å². The standard InChI is InChI=1S/C11H21N3O6S/c1-8(7-12-9(15)20-11(2,3)4)13-21(17,18)14-5-6-19-10(14)16/h8,13H,5-7H2,1-4H3,(H,12,15)/t8-/m1/s1. The van der Waals surface area contributed by atoms with E-state index in [9.17, 15) is 18.0 Å². The van der Waals surface area contributed by atoms with Crippen molar-refractivity contribution in [3.8, 4) is 0 Å². The molecule has 0 aromatic rings. The van der Waals surface area contributed by atoms with E-state index in [1.165, 1.54) is 0 Å². The lowest BCUT2D eigenvalue weighted by Crippen LogP contribution is -2.48. The van der Waals surface area contributed by atoms with E-state index in [1.807, 2.05) is 0 Å². The third kappa shape index (κ3) is 5.76. The van der Waals surface area contributed by atoms with Crippen LogP contribution in [0, 0.1) is 0 Å². The Balaban J connectivity index is 2.45. The molecule has 0 aromatic heterocycles. The average Bonchev–Trinajstić information content (AvgIpc) is 2.70. The van der Waals surface area contributed by atoms with E-state index in [0.29, 0.717) is 4.31 Å². The van der Waals surface area contributed by atoms with Crippen LogP contribution in [0.5, 0.6) is 0 Å². The van der Waals surface area contributed by atoms with E-state index in [-0.39, 0.29) is 19.7 Å². The summed E-state index contributed by atoms with van der Waals surface area (Å²) in [7, 11) is -3.97. The predicted molar refractivity (Wildman–Crippen MR) is 73.8 cm³/mol. The number of alkyl carbamates (subject to hydrolysis) is 1. The molecule has 0 spiro atoms. The highest BCUT2D eigenvalue weighted by Crippen LogP contribution is 2.09. The van der Waals surface area contributed by atoms with Crippen LogP contribution in [0.15, 0.2) is 0 Å². The third-order valence-electron chi connectivity index (χ3n) is 2.32. The van der Waals surface area contributed by atoms with Gasteiger partial charge in [0.05, 0.1) is 6.54 Å². The minimum absolute atomic E-state index is 0.0248. The van der Waals surface area contributed by atoms with E-state index in [4.69, 9.17) is 4.74 Å². The monoisotopic (exact) mass is 323 g/mol. The maximum atomic E-state index is 11.9. The van der Waals surface area contributed by atoms with Gasteiger partial charge in [-0.3, -0.25) is 0 Å². The number of rotatable bonds is 5. The largest absolute Gasteiger partial charge is 0.447 e. The molecular weight excluding hydrogens is 302 g/mol. The number of carbonyl (C=O) groups is 2. The second-order valence-electron chi connectivity index (χ2n) is 5.59. The number of ether oxygens (including phenoxy) is 2. The summed E-state index contributed by atoms with van der Waals surface area (Å²) in [5, 5.41) is 2.44. The summed E-state index contributed by atoms with van der Waals surface area (Å²) in [6, 6.07) is -0.615. The zero-order chi connectivity index (χ0) is 16.3. The van der Waals surface area contributed by atoms with Gasteiger partial charge in [0.1, 0.15) is 12.2 Å². The molecule has 10 heteroatoms. The van der Waals surface area contributed by atoms with Gasteiger partial charge in [0.25, 0.3) is 0 Å². The zero-order valence-corrected chi connectivity index (χ0v) is 13.3. The van der Waals surface area contributed by atoms with Gasteiger partial charge in [0, 0.05) is 12.6 Å². The molecule has 1 atom stereocenters. The van der Waals surface area contributed by atoms with Crippen LogP contribution in [0.25, 0.3) is 0 Å². The molecule has 1 aliphatic heterocycles. The molecule has 9 nitrogen and oxygen atoms in total. The molecule has 1 aliphatic rings. The molecule has 2 amide bonds. The highest BCUT2D eigenvalue weighted by atomic mass is 32.2. The molecule has 1 saturated heterocycles. The molecule has 0 aliphatic carbocycles. The van der Waals surface area contributed by atoms with Crippen LogP contribution in [0.4, 0.5) is 9.59 Å². The van der Waals surface area contributed by atoms with Crippen LogP contribution < -0.4 is 10.0 Å². The van der Waals surface area contributed by atoms with Crippen LogP contribution in [0.3, 0.4) is 0 Å². The van der Waals surface area contributed by atoms with E-state index < -0.39 is 34.0 Å². The van der Waals surface area contributed by atoms with Gasteiger partial charge in [-0.15, -0.1) is 0 Å². The Morgan fingerprint density at radius 1 is 1.48 bits per heavy atom.